The zero-order valence-corrected chi connectivity index (χ0v) is 8.11. The van der Waals surface area contributed by atoms with Crippen molar-refractivity contribution in [1.29, 1.82) is 0 Å². The molecule has 0 spiro atoms. The van der Waals surface area contributed by atoms with Gasteiger partial charge < -0.3 is 19.6 Å². The summed E-state index contributed by atoms with van der Waals surface area (Å²) in [5.41, 5.74) is 1.05. The zero-order chi connectivity index (χ0) is 10.8. The summed E-state index contributed by atoms with van der Waals surface area (Å²) in [5, 5.41) is 10.8. The maximum Gasteiger partial charge on any atom is 0.294 e. The molecule has 0 aliphatic heterocycles. The molecule has 0 amide bonds. The Morgan fingerprint density at radius 3 is 3.07 bits per heavy atom. The molecule has 0 atom stereocenters. The Labute approximate surface area is 85.7 Å². The largest absolute Gasteiger partial charge is 0.545 e. The first kappa shape index (κ1) is 9.51. The van der Waals surface area contributed by atoms with Crippen LogP contribution in [0.5, 0.6) is 6.01 Å². The number of carboxylic acids is 1. The van der Waals surface area contributed by atoms with Gasteiger partial charge >= 0.3 is 0 Å². The van der Waals surface area contributed by atoms with Gasteiger partial charge in [-0.15, -0.1) is 0 Å². The van der Waals surface area contributed by atoms with Crippen molar-refractivity contribution >= 4 is 17.0 Å². The molecule has 0 saturated carbocycles. The number of hydrogen-bond donors (Lipinski definition) is 1. The second-order valence-corrected chi connectivity index (χ2v) is 2.96. The van der Waals surface area contributed by atoms with E-state index in [1.165, 1.54) is 6.07 Å². The summed E-state index contributed by atoms with van der Waals surface area (Å²) in [6.07, 6.45) is 0. The predicted octanol–water partition coefficient (Wildman–Crippen LogP) is 0.325. The first-order chi connectivity index (χ1) is 7.22. The number of imidazole rings is 1. The van der Waals surface area contributed by atoms with Crippen LogP contribution in [0.15, 0.2) is 18.2 Å². The van der Waals surface area contributed by atoms with Crippen LogP contribution in [0.4, 0.5) is 0 Å². The first-order valence-electron chi connectivity index (χ1n) is 4.55. The molecule has 0 radical (unpaired) electrons. The molecule has 0 aliphatic carbocycles. The molecular formula is C10H9N2O3-. The fourth-order valence-corrected chi connectivity index (χ4v) is 1.38. The number of aromatic nitrogens is 2. The third-order valence-corrected chi connectivity index (χ3v) is 1.99. The number of aromatic amines is 1. The molecular weight excluding hydrogens is 196 g/mol. The van der Waals surface area contributed by atoms with Gasteiger partial charge in [-0.2, -0.15) is 4.98 Å². The summed E-state index contributed by atoms with van der Waals surface area (Å²) in [6, 6.07) is 5.13. The molecule has 2 aromatic rings. The monoisotopic (exact) mass is 205 g/mol. The molecule has 0 bridgehead atoms. The number of carbonyl (C=O) groups is 1. The Balaban J connectivity index is 2.59. The topological polar surface area (TPSA) is 78.0 Å². The van der Waals surface area contributed by atoms with Crippen LogP contribution in [0.25, 0.3) is 11.0 Å². The molecule has 0 saturated heterocycles. The fraction of sp³-hybridized carbons (Fsp3) is 0.200. The van der Waals surface area contributed by atoms with E-state index in [0.717, 1.165) is 0 Å². The summed E-state index contributed by atoms with van der Waals surface area (Å²) < 4.78 is 5.15. The summed E-state index contributed by atoms with van der Waals surface area (Å²) >= 11 is 0. The molecule has 15 heavy (non-hydrogen) atoms. The van der Waals surface area contributed by atoms with Crippen molar-refractivity contribution in [3.05, 3.63) is 23.8 Å². The maximum atomic E-state index is 10.8. The Bertz CT molecular complexity index is 504. The van der Waals surface area contributed by atoms with Gasteiger partial charge in [-0.3, -0.25) is 0 Å². The quantitative estimate of drug-likeness (QED) is 0.782. The number of aromatic carboxylic acids is 1. The average molecular weight is 205 g/mol. The first-order valence-corrected chi connectivity index (χ1v) is 4.55. The Morgan fingerprint density at radius 2 is 2.40 bits per heavy atom. The van der Waals surface area contributed by atoms with Gasteiger partial charge in [0.2, 0.25) is 0 Å². The third kappa shape index (κ3) is 1.63. The van der Waals surface area contributed by atoms with Crippen LogP contribution in [0.1, 0.15) is 17.3 Å². The van der Waals surface area contributed by atoms with Crippen molar-refractivity contribution in [2.75, 3.05) is 6.61 Å². The van der Waals surface area contributed by atoms with Crippen LogP contribution in [0.2, 0.25) is 0 Å². The highest BCUT2D eigenvalue weighted by molar-refractivity contribution is 5.99. The van der Waals surface area contributed by atoms with E-state index in [1.807, 2.05) is 6.92 Å². The van der Waals surface area contributed by atoms with E-state index >= 15 is 0 Å². The number of benzene rings is 1. The number of fused-ring (bicyclic) bond motifs is 1. The number of para-hydroxylation sites is 1. The maximum absolute atomic E-state index is 10.8. The minimum absolute atomic E-state index is 0.0645. The molecule has 1 N–H and O–H groups in total. The second-order valence-electron chi connectivity index (χ2n) is 2.96. The van der Waals surface area contributed by atoms with E-state index in [9.17, 15) is 9.90 Å². The van der Waals surface area contributed by atoms with Crippen LogP contribution in [-0.4, -0.2) is 22.5 Å². The number of carboxylic acid groups (broad SMARTS) is 1. The van der Waals surface area contributed by atoms with Crippen molar-refractivity contribution < 1.29 is 14.6 Å². The lowest BCUT2D eigenvalue weighted by atomic mass is 10.2. The van der Waals surface area contributed by atoms with E-state index < -0.39 is 5.97 Å². The Hall–Kier alpha value is -2.04. The molecule has 0 unspecified atom stereocenters. The van der Waals surface area contributed by atoms with Crippen molar-refractivity contribution in [3.63, 3.8) is 0 Å². The smallest absolute Gasteiger partial charge is 0.294 e. The highest BCUT2D eigenvalue weighted by atomic mass is 16.5. The summed E-state index contributed by atoms with van der Waals surface area (Å²) in [4.78, 5) is 17.7. The van der Waals surface area contributed by atoms with Gasteiger partial charge in [0, 0.05) is 5.56 Å². The summed E-state index contributed by atoms with van der Waals surface area (Å²) in [7, 11) is 0. The number of nitrogens with zero attached hydrogens (tertiary/aromatic N) is 1. The van der Waals surface area contributed by atoms with Crippen molar-refractivity contribution in [3.8, 4) is 6.01 Å². The average Bonchev–Trinajstić information content (AvgIpc) is 2.59. The van der Waals surface area contributed by atoms with Gasteiger partial charge in [-0.1, -0.05) is 12.1 Å². The minimum Gasteiger partial charge on any atom is -0.545 e. The Kier molecular flexibility index (Phi) is 2.29. The number of ether oxygens (including phenoxy) is 1. The molecule has 1 aromatic carbocycles. The normalized spacial score (nSPS) is 10.5. The van der Waals surface area contributed by atoms with E-state index in [0.29, 0.717) is 23.7 Å². The summed E-state index contributed by atoms with van der Waals surface area (Å²) in [6.45, 7) is 2.30. The number of nitrogens with one attached hydrogen (secondary N) is 1. The van der Waals surface area contributed by atoms with Gasteiger partial charge in [0.05, 0.1) is 18.1 Å². The molecule has 5 nitrogen and oxygen atoms in total. The van der Waals surface area contributed by atoms with E-state index in [2.05, 4.69) is 9.97 Å². The minimum atomic E-state index is -1.24. The van der Waals surface area contributed by atoms with Gasteiger partial charge in [-0.25, -0.2) is 0 Å². The van der Waals surface area contributed by atoms with Crippen LogP contribution < -0.4 is 9.84 Å². The van der Waals surface area contributed by atoms with Crippen molar-refractivity contribution in [2.24, 2.45) is 0 Å². The van der Waals surface area contributed by atoms with Crippen molar-refractivity contribution in [2.45, 2.75) is 6.92 Å². The van der Waals surface area contributed by atoms with Gasteiger partial charge in [0.15, 0.2) is 0 Å². The number of H-pyrrole nitrogens is 1. The van der Waals surface area contributed by atoms with Crippen LogP contribution in [0.3, 0.4) is 0 Å². The number of rotatable bonds is 3. The van der Waals surface area contributed by atoms with Gasteiger partial charge in [0.25, 0.3) is 6.01 Å². The van der Waals surface area contributed by atoms with Crippen LogP contribution in [-0.2, 0) is 0 Å². The summed E-state index contributed by atoms with van der Waals surface area (Å²) in [5.74, 6) is -1.24. The standard InChI is InChI=1S/C10H10N2O3/c1-2-15-10-11-7-5-3-4-6(9(13)14)8(7)12-10/h3-5H,2H2,1H3,(H,11,12)(H,13,14)/p-1. The highest BCUT2D eigenvalue weighted by Crippen LogP contribution is 2.19. The van der Waals surface area contributed by atoms with E-state index in [1.54, 1.807) is 12.1 Å². The molecule has 1 heterocycles. The lowest BCUT2D eigenvalue weighted by Crippen LogP contribution is -2.22. The van der Waals surface area contributed by atoms with E-state index in [-0.39, 0.29) is 5.56 Å². The molecule has 1 aromatic heterocycles. The highest BCUT2D eigenvalue weighted by Gasteiger charge is 2.07. The van der Waals surface area contributed by atoms with Crippen LogP contribution in [0, 0.1) is 0 Å². The lowest BCUT2D eigenvalue weighted by Gasteiger charge is -2.01. The SMILES string of the molecule is CCOc1nc2c(C(=O)[O-])cccc2[nH]1. The molecule has 2 rings (SSSR count). The van der Waals surface area contributed by atoms with Gasteiger partial charge in [0.1, 0.15) is 5.52 Å². The Morgan fingerprint density at radius 1 is 1.60 bits per heavy atom. The van der Waals surface area contributed by atoms with Gasteiger partial charge in [-0.05, 0) is 13.0 Å². The molecule has 78 valence electrons. The molecule has 5 heteroatoms. The number of carbonyl (C=O) groups excluding carboxylic acids is 1. The third-order valence-electron chi connectivity index (χ3n) is 1.99. The van der Waals surface area contributed by atoms with Crippen molar-refractivity contribution in [1.82, 2.24) is 9.97 Å². The van der Waals surface area contributed by atoms with Crippen LogP contribution >= 0.6 is 0 Å². The predicted molar refractivity (Wildman–Crippen MR) is 51.6 cm³/mol. The fourth-order valence-electron chi connectivity index (χ4n) is 1.38. The molecule has 0 aliphatic rings. The molecule has 0 fully saturated rings. The second kappa shape index (κ2) is 3.61. The zero-order valence-electron chi connectivity index (χ0n) is 8.11. The lowest BCUT2D eigenvalue weighted by molar-refractivity contribution is -0.254. The number of hydrogen-bond acceptors (Lipinski definition) is 4. The van der Waals surface area contributed by atoms with E-state index in [4.69, 9.17) is 4.74 Å².